The number of carbonyl (C=O) groups is 4. The van der Waals surface area contributed by atoms with Gasteiger partial charge in [0.2, 0.25) is 13.6 Å². The molecule has 0 bridgehead atoms. The van der Waals surface area contributed by atoms with Crippen LogP contribution in [-0.4, -0.2) is 49.7 Å². The zero-order valence-electron chi connectivity index (χ0n) is 23.6. The number of carbonyl (C=O) groups excluding carboxylic acids is 4. The van der Waals surface area contributed by atoms with E-state index in [-0.39, 0.29) is 22.6 Å². The summed E-state index contributed by atoms with van der Waals surface area (Å²) in [6.45, 7) is 5.68. The van der Waals surface area contributed by atoms with Gasteiger partial charge >= 0.3 is 23.9 Å². The van der Waals surface area contributed by atoms with Crippen LogP contribution in [0.2, 0.25) is 0 Å². The minimum atomic E-state index is -0.678. The van der Waals surface area contributed by atoms with Gasteiger partial charge in [-0.25, -0.2) is 28.0 Å². The van der Waals surface area contributed by atoms with Gasteiger partial charge in [0.15, 0.2) is 0 Å². The SMILES string of the molecule is C=CC(=O)OCOc1ccc(C=CC(=O)OC2CCC(OC(=O)C=Cc3ccc(OCOC(=O)C=C)cc3F)CC2)c(F)c1. The Hall–Kier alpha value is -5.26. The summed E-state index contributed by atoms with van der Waals surface area (Å²) in [4.78, 5) is 46.5. The fourth-order valence-electron chi connectivity index (χ4n) is 3.89. The third-order valence-corrected chi connectivity index (χ3v) is 6.12. The van der Waals surface area contributed by atoms with E-state index in [1.807, 2.05) is 0 Å². The van der Waals surface area contributed by atoms with E-state index in [4.69, 9.17) is 18.9 Å². The Balaban J connectivity index is 1.38. The van der Waals surface area contributed by atoms with Crippen LogP contribution >= 0.6 is 0 Å². The van der Waals surface area contributed by atoms with Crippen LogP contribution in [0, 0.1) is 11.6 Å². The van der Waals surface area contributed by atoms with Gasteiger partial charge in [-0.15, -0.1) is 0 Å². The number of hydrogen-bond donors (Lipinski definition) is 0. The van der Waals surface area contributed by atoms with Crippen LogP contribution in [0.25, 0.3) is 12.2 Å². The number of hydrogen-bond acceptors (Lipinski definition) is 10. The maximum absolute atomic E-state index is 14.3. The number of rotatable bonds is 14. The number of esters is 4. The number of benzene rings is 2. The second-order valence-corrected chi connectivity index (χ2v) is 9.17. The number of halogens is 2. The predicted octanol–water partition coefficient (Wildman–Crippen LogP) is 5.22. The molecule has 0 atom stereocenters. The molecule has 44 heavy (non-hydrogen) atoms. The smallest absolute Gasteiger partial charge is 0.333 e. The van der Waals surface area contributed by atoms with Gasteiger partial charge in [0, 0.05) is 47.6 Å². The van der Waals surface area contributed by atoms with Gasteiger partial charge in [0.25, 0.3) is 0 Å². The van der Waals surface area contributed by atoms with Gasteiger partial charge in [-0.1, -0.05) is 13.2 Å². The molecule has 10 nitrogen and oxygen atoms in total. The van der Waals surface area contributed by atoms with E-state index in [1.54, 1.807) is 0 Å². The van der Waals surface area contributed by atoms with Gasteiger partial charge in [0.05, 0.1) is 0 Å². The molecule has 0 amide bonds. The average Bonchev–Trinajstić information content (AvgIpc) is 3.01. The van der Waals surface area contributed by atoms with E-state index in [0.29, 0.717) is 25.7 Å². The molecule has 0 saturated heterocycles. The van der Waals surface area contributed by atoms with Gasteiger partial charge in [-0.2, -0.15) is 0 Å². The highest BCUT2D eigenvalue weighted by Crippen LogP contribution is 2.25. The molecule has 232 valence electrons. The van der Waals surface area contributed by atoms with Crippen LogP contribution in [0.3, 0.4) is 0 Å². The lowest BCUT2D eigenvalue weighted by Crippen LogP contribution is -2.29. The van der Waals surface area contributed by atoms with Crippen LogP contribution < -0.4 is 9.47 Å². The summed E-state index contributed by atoms with van der Waals surface area (Å²) in [5.74, 6) is -3.71. The Morgan fingerprint density at radius 3 is 1.39 bits per heavy atom. The van der Waals surface area contributed by atoms with Crippen molar-refractivity contribution < 1.29 is 56.4 Å². The summed E-state index contributed by atoms with van der Waals surface area (Å²) in [5, 5.41) is 0. The highest BCUT2D eigenvalue weighted by molar-refractivity contribution is 5.88. The Morgan fingerprint density at radius 1 is 0.659 bits per heavy atom. The lowest BCUT2D eigenvalue weighted by Gasteiger charge is -2.27. The molecule has 0 aliphatic heterocycles. The average molecular weight is 613 g/mol. The largest absolute Gasteiger partial charge is 0.459 e. The van der Waals surface area contributed by atoms with Crippen molar-refractivity contribution in [2.24, 2.45) is 0 Å². The fraction of sp³-hybridized carbons (Fsp3) is 0.250. The Morgan fingerprint density at radius 2 is 1.05 bits per heavy atom. The van der Waals surface area contributed by atoms with Crippen molar-refractivity contribution in [3.8, 4) is 11.5 Å². The summed E-state index contributed by atoms with van der Waals surface area (Å²) < 4.78 is 59.1. The first-order valence-electron chi connectivity index (χ1n) is 13.4. The molecule has 1 fully saturated rings. The van der Waals surface area contributed by atoms with Crippen molar-refractivity contribution in [3.05, 3.63) is 96.6 Å². The summed E-state index contributed by atoms with van der Waals surface area (Å²) >= 11 is 0. The van der Waals surface area contributed by atoms with E-state index < -0.39 is 61.3 Å². The molecule has 1 aliphatic carbocycles. The third kappa shape index (κ3) is 11.2. The van der Waals surface area contributed by atoms with Crippen molar-refractivity contribution >= 4 is 36.0 Å². The van der Waals surface area contributed by atoms with Crippen molar-refractivity contribution in [1.29, 1.82) is 0 Å². The van der Waals surface area contributed by atoms with Crippen molar-refractivity contribution in [2.45, 2.75) is 37.9 Å². The molecule has 1 saturated carbocycles. The number of ether oxygens (including phenoxy) is 6. The molecule has 0 N–H and O–H groups in total. The minimum Gasteiger partial charge on any atom is -0.459 e. The fourth-order valence-corrected chi connectivity index (χ4v) is 3.89. The zero-order chi connectivity index (χ0) is 31.9. The molecule has 1 aliphatic rings. The second-order valence-electron chi connectivity index (χ2n) is 9.17. The Labute approximate surface area is 252 Å². The maximum Gasteiger partial charge on any atom is 0.333 e. The molecule has 2 aromatic carbocycles. The third-order valence-electron chi connectivity index (χ3n) is 6.12. The Bertz CT molecular complexity index is 1320. The first-order valence-corrected chi connectivity index (χ1v) is 13.4. The molecule has 0 unspecified atom stereocenters. The molecule has 2 aromatic rings. The van der Waals surface area contributed by atoms with Gasteiger partial charge < -0.3 is 28.4 Å². The predicted molar refractivity (Wildman–Crippen MR) is 153 cm³/mol. The summed E-state index contributed by atoms with van der Waals surface area (Å²) in [5.41, 5.74) is 0.244. The van der Waals surface area contributed by atoms with E-state index in [0.717, 1.165) is 36.4 Å². The molecule has 12 heteroatoms. The summed E-state index contributed by atoms with van der Waals surface area (Å²) in [7, 11) is 0. The molecular weight excluding hydrogens is 582 g/mol. The first kappa shape index (κ1) is 33.2. The van der Waals surface area contributed by atoms with Crippen molar-refractivity contribution in [1.82, 2.24) is 0 Å². The lowest BCUT2D eigenvalue weighted by atomic mass is 9.95. The highest BCUT2D eigenvalue weighted by Gasteiger charge is 2.25. The van der Waals surface area contributed by atoms with E-state index in [1.165, 1.54) is 36.4 Å². The molecule has 0 radical (unpaired) electrons. The maximum atomic E-state index is 14.3. The van der Waals surface area contributed by atoms with Gasteiger partial charge in [0.1, 0.15) is 35.3 Å². The summed E-state index contributed by atoms with van der Waals surface area (Å²) in [6.07, 6.45) is 7.72. The normalized spacial score (nSPS) is 16.1. The van der Waals surface area contributed by atoms with Crippen LogP contribution in [0.5, 0.6) is 11.5 Å². The Kier molecular flexibility index (Phi) is 12.8. The van der Waals surface area contributed by atoms with Gasteiger partial charge in [-0.05, 0) is 62.1 Å². The van der Waals surface area contributed by atoms with E-state index >= 15 is 0 Å². The first-order chi connectivity index (χ1) is 21.2. The molecule has 0 heterocycles. The molecular formula is C32H30F2O10. The van der Waals surface area contributed by atoms with E-state index in [2.05, 4.69) is 22.6 Å². The van der Waals surface area contributed by atoms with Gasteiger partial charge in [-0.3, -0.25) is 0 Å². The zero-order valence-corrected chi connectivity index (χ0v) is 23.6. The van der Waals surface area contributed by atoms with Crippen molar-refractivity contribution in [2.75, 3.05) is 13.6 Å². The summed E-state index contributed by atoms with van der Waals surface area (Å²) in [6, 6.07) is 7.84. The van der Waals surface area contributed by atoms with Crippen LogP contribution in [0.15, 0.2) is 73.9 Å². The lowest BCUT2D eigenvalue weighted by molar-refractivity contribution is -0.151. The van der Waals surface area contributed by atoms with Crippen molar-refractivity contribution in [3.63, 3.8) is 0 Å². The molecule has 3 rings (SSSR count). The van der Waals surface area contributed by atoms with Crippen LogP contribution in [0.1, 0.15) is 36.8 Å². The monoisotopic (exact) mass is 612 g/mol. The van der Waals surface area contributed by atoms with E-state index in [9.17, 15) is 28.0 Å². The van der Waals surface area contributed by atoms with Crippen LogP contribution in [0.4, 0.5) is 8.78 Å². The quantitative estimate of drug-likeness (QED) is 0.121. The topological polar surface area (TPSA) is 124 Å². The molecule has 0 spiro atoms. The minimum absolute atomic E-state index is 0.122. The standard InChI is InChI=1S/C32H30F2O10/c1-3-29(35)41-19-39-25-9-5-21(27(33)17-25)7-15-31(37)43-23-11-13-24(14-12-23)44-32(38)16-8-22-6-10-26(18-28(22)34)40-20-42-30(36)4-2/h3-10,15-18,23-24H,1-2,11-14,19-20H2. The second kappa shape index (κ2) is 17.0. The molecule has 0 aromatic heterocycles. The van der Waals surface area contributed by atoms with Crippen LogP contribution in [-0.2, 0) is 38.1 Å². The highest BCUT2D eigenvalue weighted by atomic mass is 19.1.